The van der Waals surface area contributed by atoms with Crippen molar-refractivity contribution in [2.75, 3.05) is 52.4 Å². The lowest BCUT2D eigenvalue weighted by Gasteiger charge is -2.30. The van der Waals surface area contributed by atoms with Crippen LogP contribution in [0.25, 0.3) is 0 Å². The molecule has 44 heteroatoms. The number of carbonyl (C=O) groups is 18. The molecule has 141 heavy (non-hydrogen) atoms. The summed E-state index contributed by atoms with van der Waals surface area (Å²) in [5.74, 6) is -9.65. The number of hydrogen-bond donors (Lipinski definition) is 26. The molecule has 35 N–H and O–H groups in total. The third-order valence-corrected chi connectivity index (χ3v) is 23.2. The van der Waals surface area contributed by atoms with Gasteiger partial charge in [0.05, 0.1) is 12.6 Å². The number of carbonyl (C=O) groups excluding carboxylic acids is 18. The highest BCUT2D eigenvalue weighted by Crippen LogP contribution is 2.20. The van der Waals surface area contributed by atoms with Crippen LogP contribution in [0.4, 0.5) is 0 Å². The number of nitrogens with two attached hydrogens (primary N) is 9. The van der Waals surface area contributed by atoms with Gasteiger partial charge in [-0.25, -0.2) is 5.84 Å². The first-order valence-electron chi connectivity index (χ1n) is 51.6. The Hall–Kier alpha value is -9.86. The summed E-state index contributed by atoms with van der Waals surface area (Å²) in [5.41, 5.74) is 49.2. The number of nitrogens with one attached hydrogen (secondary N) is 17. The van der Waals surface area contributed by atoms with Gasteiger partial charge in [0, 0.05) is 19.4 Å². The van der Waals surface area contributed by atoms with Crippen molar-refractivity contribution in [3.05, 3.63) is 0 Å². The molecule has 0 heterocycles. The monoisotopic (exact) mass is 2000 g/mol. The molecule has 44 nitrogen and oxygen atoms in total. The van der Waals surface area contributed by atoms with Crippen LogP contribution in [0.3, 0.4) is 0 Å². The van der Waals surface area contributed by atoms with Gasteiger partial charge in [0.25, 0.3) is 0 Å². The standard InChI is InChI=1S/C97H186N26O18/c1-57(2)48-65(104)83(127)109-67(33-20-26-42-99)85(129)111-69(35-22-28-44-101)87(131)116-77(53-62(11)12)95(139)121-75(51-60(7)8)93(137)114-71(37-24-30-46-103)89(133)118-79(55-64(15)16)96(140)120-74(50-59(5)6)92(136)113-68(34-21-27-43-100)86(130)112-70(36-23-29-45-102)88(132)117-78(54-63(13)14)97(141)122-76(52-61(9)10)94(138)115-72(39-40-80(105)124)90(134)119-73(49-58(3)4)91(135)110-66(32-19-25-41-98)84(128)108-56-82(126)107-47-31-17-18-38-81(125)123-106/h57-79H,17-56,98-104,106H2,1-16H3,(H2,105,124)(H,107,126)(H,108,128)(H,109,127)(H,110,135)(H,111,129)(H,112,130)(H,113,136)(H,114,137)(H,115,138)(H,116,131)(H,117,132)(H,118,133)(H,119,134)(H,120,140)(H,121,139)(H,122,141)(H,123,125)/t65-,66-,67-,68-,69-,70-,71-,72-,73-,74-,75-,76-,77-,78-,79-/m0/s1. The topological polar surface area (TPSA) is 746 Å². The fraction of sp³-hybridized carbons (Fsp3) is 0.814. The minimum atomic E-state index is -1.54. The summed E-state index contributed by atoms with van der Waals surface area (Å²) in [5, 5.41) is 44.3. The Morgan fingerprint density at radius 1 is 0.206 bits per heavy atom. The summed E-state index contributed by atoms with van der Waals surface area (Å²) in [7, 11) is 0. The van der Waals surface area contributed by atoms with Crippen molar-refractivity contribution in [2.45, 2.75) is 407 Å². The molecule has 0 unspecified atom stereocenters. The lowest BCUT2D eigenvalue weighted by molar-refractivity contribution is -0.137. The third-order valence-electron chi connectivity index (χ3n) is 23.2. The summed E-state index contributed by atoms with van der Waals surface area (Å²) in [6.45, 7) is 30.5. The zero-order chi connectivity index (χ0) is 107. The van der Waals surface area contributed by atoms with Crippen molar-refractivity contribution in [2.24, 2.45) is 99.1 Å². The number of primary amides is 1. The second kappa shape index (κ2) is 75.0. The van der Waals surface area contributed by atoms with Crippen LogP contribution in [0.5, 0.6) is 0 Å². The summed E-state index contributed by atoms with van der Waals surface area (Å²) in [4.78, 5) is 255. The molecule has 0 spiro atoms. The predicted octanol–water partition coefficient (Wildman–Crippen LogP) is -0.708. The summed E-state index contributed by atoms with van der Waals surface area (Å²) in [6.07, 6.45) is 7.08. The number of hydrogen-bond acceptors (Lipinski definition) is 26. The normalized spacial score (nSPS) is 14.7. The molecule has 0 aromatic heterocycles. The summed E-state index contributed by atoms with van der Waals surface area (Å²) in [6, 6.07) is -19.3. The van der Waals surface area contributed by atoms with E-state index in [2.05, 4.69) is 90.5 Å². The van der Waals surface area contributed by atoms with E-state index >= 15 is 0 Å². The average molecular weight is 2000 g/mol. The Balaban J connectivity index is 7.44. The molecular formula is C97H186N26O18. The van der Waals surface area contributed by atoms with E-state index in [0.29, 0.717) is 116 Å². The van der Waals surface area contributed by atoms with Crippen LogP contribution in [-0.2, 0) is 86.3 Å². The van der Waals surface area contributed by atoms with E-state index < -0.39 is 204 Å². The van der Waals surface area contributed by atoms with E-state index in [-0.39, 0.29) is 182 Å². The Kier molecular flexibility index (Phi) is 69.7. The van der Waals surface area contributed by atoms with E-state index in [1.807, 2.05) is 69.2 Å². The van der Waals surface area contributed by atoms with Gasteiger partial charge < -0.3 is 131 Å². The quantitative estimate of drug-likeness (QED) is 0.0155. The van der Waals surface area contributed by atoms with E-state index in [4.69, 9.17) is 51.7 Å². The number of hydrazine groups is 1. The van der Waals surface area contributed by atoms with Crippen LogP contribution < -0.4 is 142 Å². The minimum Gasteiger partial charge on any atom is -0.370 e. The molecule has 0 aliphatic carbocycles. The van der Waals surface area contributed by atoms with Gasteiger partial charge in [-0.3, -0.25) is 91.7 Å². The van der Waals surface area contributed by atoms with Gasteiger partial charge >= 0.3 is 0 Å². The fourth-order valence-corrected chi connectivity index (χ4v) is 15.7. The van der Waals surface area contributed by atoms with Crippen LogP contribution in [0.1, 0.15) is 316 Å². The van der Waals surface area contributed by atoms with E-state index in [1.165, 1.54) is 0 Å². The molecule has 0 aromatic rings. The van der Waals surface area contributed by atoms with Crippen LogP contribution in [0, 0.1) is 47.3 Å². The molecule has 812 valence electrons. The Labute approximate surface area is 837 Å². The smallest absolute Gasteiger partial charge is 0.243 e. The summed E-state index contributed by atoms with van der Waals surface area (Å²) < 4.78 is 0. The van der Waals surface area contributed by atoms with Crippen molar-refractivity contribution >= 4 is 106 Å². The molecule has 0 aromatic carbocycles. The highest BCUT2D eigenvalue weighted by atomic mass is 16.2. The van der Waals surface area contributed by atoms with Gasteiger partial charge in [0.2, 0.25) is 106 Å². The number of rotatable bonds is 80. The summed E-state index contributed by atoms with van der Waals surface area (Å²) >= 11 is 0. The van der Waals surface area contributed by atoms with Crippen LogP contribution >= 0.6 is 0 Å². The molecule has 0 radical (unpaired) electrons. The fourth-order valence-electron chi connectivity index (χ4n) is 15.7. The van der Waals surface area contributed by atoms with Crippen LogP contribution in [0.2, 0.25) is 0 Å². The Morgan fingerprint density at radius 3 is 0.610 bits per heavy atom. The molecule has 15 atom stereocenters. The maximum Gasteiger partial charge on any atom is 0.243 e. The number of amides is 18. The molecule has 0 rings (SSSR count). The van der Waals surface area contributed by atoms with Crippen molar-refractivity contribution in [3.63, 3.8) is 0 Å². The van der Waals surface area contributed by atoms with Crippen molar-refractivity contribution in [1.29, 1.82) is 0 Å². The highest BCUT2D eigenvalue weighted by Gasteiger charge is 2.40. The molecule has 0 fully saturated rings. The van der Waals surface area contributed by atoms with Gasteiger partial charge in [-0.1, -0.05) is 117 Å². The molecular weight excluding hydrogens is 1820 g/mol. The van der Waals surface area contributed by atoms with Crippen molar-refractivity contribution in [3.8, 4) is 0 Å². The van der Waals surface area contributed by atoms with Crippen molar-refractivity contribution in [1.82, 2.24) is 90.5 Å². The maximum atomic E-state index is 15.0. The van der Waals surface area contributed by atoms with Gasteiger partial charge in [-0.05, 0) is 273 Å². The van der Waals surface area contributed by atoms with Gasteiger partial charge in [0.1, 0.15) is 84.6 Å². The zero-order valence-electron chi connectivity index (χ0n) is 87.6. The molecule has 0 aliphatic rings. The molecule has 0 saturated carbocycles. The molecule has 0 aliphatic heterocycles. The van der Waals surface area contributed by atoms with Crippen LogP contribution in [0.15, 0.2) is 0 Å². The minimum absolute atomic E-state index is 0.00558. The number of unbranched alkanes of at least 4 members (excludes halogenated alkanes) is 8. The molecule has 0 saturated heterocycles. The average Bonchev–Trinajstić information content (AvgIpc) is 0.852. The van der Waals surface area contributed by atoms with Gasteiger partial charge in [0.15, 0.2) is 0 Å². The van der Waals surface area contributed by atoms with Crippen LogP contribution in [-0.4, -0.2) is 249 Å². The van der Waals surface area contributed by atoms with E-state index in [0.717, 1.165) is 0 Å². The van der Waals surface area contributed by atoms with E-state index in [9.17, 15) is 86.3 Å². The SMILES string of the molecule is CC(C)C[C@H](NC(=O)[C@H](CCC(N)=O)NC(=O)[C@H](CC(C)C)NC(=O)[C@H](CC(C)C)NC(=O)[C@H](CCCCN)NC(=O)[C@H](CCCCN)NC(=O)[C@H](CC(C)C)NC(=O)[C@H](CC(C)C)NC(=O)[C@H](CCCCN)NC(=O)[C@H](CC(C)C)NC(=O)[C@H](CC(C)C)NC(=O)[C@H](CCCCN)NC(=O)[C@H](CCCCN)NC(=O)[C@@H](N)CC(C)C)C(=O)N[C@@H](CCCCN)C(=O)NCC(=O)NCCCCCC(=O)NN. The van der Waals surface area contributed by atoms with Gasteiger partial charge in [-0.15, -0.1) is 0 Å². The molecule has 18 amide bonds. The first kappa shape index (κ1) is 131. The Morgan fingerprint density at radius 2 is 0.404 bits per heavy atom. The Bertz CT molecular complexity index is 3760. The second-order valence-electron chi connectivity index (χ2n) is 40.7. The molecule has 0 bridgehead atoms. The maximum absolute atomic E-state index is 15.0. The highest BCUT2D eigenvalue weighted by molar-refractivity contribution is 6.01. The first-order chi connectivity index (χ1) is 66.5. The predicted molar refractivity (Wildman–Crippen MR) is 543 cm³/mol. The second-order valence-corrected chi connectivity index (χ2v) is 40.7. The first-order valence-corrected chi connectivity index (χ1v) is 51.6. The largest absolute Gasteiger partial charge is 0.370 e. The van der Waals surface area contributed by atoms with Crippen molar-refractivity contribution < 1.29 is 86.3 Å². The third kappa shape index (κ3) is 59.7. The van der Waals surface area contributed by atoms with Gasteiger partial charge in [-0.2, -0.15) is 0 Å². The zero-order valence-corrected chi connectivity index (χ0v) is 87.6. The lowest BCUT2D eigenvalue weighted by atomic mass is 9.98. The van der Waals surface area contributed by atoms with E-state index in [1.54, 1.807) is 41.5 Å². The lowest BCUT2D eigenvalue weighted by Crippen LogP contribution is -2.61.